The van der Waals surface area contributed by atoms with Crippen LogP contribution in [0.25, 0.3) is 0 Å². The fourth-order valence-electron chi connectivity index (χ4n) is 1.23. The molecule has 2 heterocycles. The summed E-state index contributed by atoms with van der Waals surface area (Å²) in [6.07, 6.45) is 3.25. The molecule has 0 unspecified atom stereocenters. The second-order valence-corrected chi connectivity index (χ2v) is 3.70. The van der Waals surface area contributed by atoms with Crippen LogP contribution in [0.5, 0.6) is 5.75 Å². The van der Waals surface area contributed by atoms with Crippen LogP contribution in [0.4, 0.5) is 0 Å². The predicted molar refractivity (Wildman–Crippen MR) is 65.2 cm³/mol. The Kier molecular flexibility index (Phi) is 4.15. The third kappa shape index (κ3) is 3.22. The molecule has 5 nitrogen and oxygen atoms in total. The van der Waals surface area contributed by atoms with E-state index in [0.29, 0.717) is 17.1 Å². The molecule has 2 aromatic heterocycles. The van der Waals surface area contributed by atoms with Crippen LogP contribution in [-0.4, -0.2) is 21.2 Å². The number of hydrogen-bond donors (Lipinski definition) is 0. The van der Waals surface area contributed by atoms with E-state index in [-0.39, 0.29) is 12.5 Å². The van der Waals surface area contributed by atoms with E-state index in [1.807, 2.05) is 0 Å². The van der Waals surface area contributed by atoms with Crippen LogP contribution in [-0.2, 0) is 6.61 Å². The standard InChI is InChI=1S/C12H10ClN3O2/c1-9-12(16-18-15-9)8-17-11-5-10(3-2-4-13)6-14-7-11/h5-7H,4,8H2,1H3. The van der Waals surface area contributed by atoms with Crippen molar-refractivity contribution in [1.29, 1.82) is 0 Å². The van der Waals surface area contributed by atoms with E-state index in [9.17, 15) is 0 Å². The highest BCUT2D eigenvalue weighted by atomic mass is 35.5. The molecule has 0 aliphatic rings. The first-order valence-electron chi connectivity index (χ1n) is 5.20. The third-order valence-corrected chi connectivity index (χ3v) is 2.27. The van der Waals surface area contributed by atoms with Gasteiger partial charge in [-0.15, -0.1) is 11.6 Å². The van der Waals surface area contributed by atoms with E-state index in [1.165, 1.54) is 0 Å². The number of hydrogen-bond acceptors (Lipinski definition) is 5. The minimum atomic E-state index is 0.281. The Morgan fingerprint density at radius 2 is 2.28 bits per heavy atom. The van der Waals surface area contributed by atoms with E-state index in [0.717, 1.165) is 5.56 Å². The van der Waals surface area contributed by atoms with Crippen LogP contribution in [0.1, 0.15) is 17.0 Å². The summed E-state index contributed by atoms with van der Waals surface area (Å²) in [5, 5.41) is 7.39. The van der Waals surface area contributed by atoms with Crippen molar-refractivity contribution in [1.82, 2.24) is 15.3 Å². The van der Waals surface area contributed by atoms with Crippen LogP contribution in [0.2, 0.25) is 0 Å². The van der Waals surface area contributed by atoms with Gasteiger partial charge in [-0.3, -0.25) is 4.98 Å². The van der Waals surface area contributed by atoms with E-state index in [4.69, 9.17) is 16.3 Å². The number of aryl methyl sites for hydroxylation is 1. The molecule has 0 saturated carbocycles. The first-order valence-corrected chi connectivity index (χ1v) is 5.74. The second kappa shape index (κ2) is 6.03. The van der Waals surface area contributed by atoms with Crippen molar-refractivity contribution >= 4 is 11.6 Å². The SMILES string of the molecule is Cc1nonc1COc1cncc(C#CCCl)c1. The first-order chi connectivity index (χ1) is 8.79. The monoisotopic (exact) mass is 263 g/mol. The Morgan fingerprint density at radius 3 is 3.00 bits per heavy atom. The van der Waals surface area contributed by atoms with E-state index >= 15 is 0 Å². The Hall–Kier alpha value is -2.06. The van der Waals surface area contributed by atoms with Gasteiger partial charge in [-0.05, 0) is 13.0 Å². The summed E-state index contributed by atoms with van der Waals surface area (Å²) < 4.78 is 10.1. The number of nitrogens with zero attached hydrogens (tertiary/aromatic N) is 3. The lowest BCUT2D eigenvalue weighted by Crippen LogP contribution is -1.98. The fraction of sp³-hybridized carbons (Fsp3) is 0.250. The van der Waals surface area contributed by atoms with Crippen LogP contribution >= 0.6 is 11.6 Å². The average molecular weight is 264 g/mol. The zero-order valence-electron chi connectivity index (χ0n) is 9.68. The molecule has 2 rings (SSSR count). The third-order valence-electron chi connectivity index (χ3n) is 2.13. The molecule has 0 atom stereocenters. The van der Waals surface area contributed by atoms with Crippen LogP contribution < -0.4 is 4.74 Å². The largest absolute Gasteiger partial charge is 0.485 e. The van der Waals surface area contributed by atoms with Gasteiger partial charge in [-0.1, -0.05) is 22.2 Å². The normalized spacial score (nSPS) is 9.67. The topological polar surface area (TPSA) is 61.0 Å². The number of ether oxygens (including phenoxy) is 1. The lowest BCUT2D eigenvalue weighted by molar-refractivity contribution is 0.269. The molecule has 0 radical (unpaired) electrons. The van der Waals surface area contributed by atoms with Gasteiger partial charge in [0.2, 0.25) is 0 Å². The Labute approximate surface area is 109 Å². The molecule has 0 bridgehead atoms. The van der Waals surface area contributed by atoms with Gasteiger partial charge in [0, 0.05) is 11.8 Å². The highest BCUT2D eigenvalue weighted by molar-refractivity contribution is 6.19. The van der Waals surface area contributed by atoms with Crippen molar-refractivity contribution in [2.24, 2.45) is 0 Å². The molecule has 0 aliphatic heterocycles. The quantitative estimate of drug-likeness (QED) is 0.626. The molecule has 0 fully saturated rings. The number of aromatic nitrogens is 3. The minimum Gasteiger partial charge on any atom is -0.485 e. The molecule has 18 heavy (non-hydrogen) atoms. The van der Waals surface area contributed by atoms with E-state index < -0.39 is 0 Å². The summed E-state index contributed by atoms with van der Waals surface area (Å²) >= 11 is 5.49. The number of halogens is 1. The molecule has 0 aliphatic carbocycles. The smallest absolute Gasteiger partial charge is 0.145 e. The first kappa shape index (κ1) is 12.4. The zero-order chi connectivity index (χ0) is 12.8. The molecule has 0 aromatic carbocycles. The molecule has 2 aromatic rings. The van der Waals surface area contributed by atoms with Crippen molar-refractivity contribution in [3.05, 3.63) is 35.4 Å². The summed E-state index contributed by atoms with van der Waals surface area (Å²) in [6, 6.07) is 1.79. The highest BCUT2D eigenvalue weighted by Crippen LogP contribution is 2.13. The van der Waals surface area contributed by atoms with E-state index in [1.54, 1.807) is 25.4 Å². The number of pyridine rings is 1. The van der Waals surface area contributed by atoms with E-state index in [2.05, 4.69) is 31.8 Å². The van der Waals surface area contributed by atoms with Gasteiger partial charge in [0.25, 0.3) is 0 Å². The predicted octanol–water partition coefficient (Wildman–Crippen LogP) is 1.94. The van der Waals surface area contributed by atoms with Crippen molar-refractivity contribution in [2.75, 3.05) is 5.88 Å². The van der Waals surface area contributed by atoms with Gasteiger partial charge in [-0.25, -0.2) is 4.63 Å². The molecule has 92 valence electrons. The van der Waals surface area contributed by atoms with Crippen molar-refractivity contribution in [2.45, 2.75) is 13.5 Å². The molecule has 0 spiro atoms. The van der Waals surface area contributed by atoms with Gasteiger partial charge in [0.1, 0.15) is 23.7 Å². The van der Waals surface area contributed by atoms with Gasteiger partial charge < -0.3 is 4.74 Å². The summed E-state index contributed by atoms with van der Waals surface area (Å²) in [6.45, 7) is 2.08. The molecule has 6 heteroatoms. The summed E-state index contributed by atoms with van der Waals surface area (Å²) in [5.74, 6) is 6.52. The minimum absolute atomic E-state index is 0.281. The Morgan fingerprint density at radius 1 is 1.39 bits per heavy atom. The summed E-state index contributed by atoms with van der Waals surface area (Å²) in [4.78, 5) is 4.03. The average Bonchev–Trinajstić information content (AvgIpc) is 2.80. The molecular formula is C12H10ClN3O2. The highest BCUT2D eigenvalue weighted by Gasteiger charge is 2.06. The van der Waals surface area contributed by atoms with Gasteiger partial charge >= 0.3 is 0 Å². The number of alkyl halides is 1. The van der Waals surface area contributed by atoms with Crippen LogP contribution in [0.15, 0.2) is 23.1 Å². The Balaban J connectivity index is 2.03. The summed E-state index contributed by atoms with van der Waals surface area (Å²) in [7, 11) is 0. The summed E-state index contributed by atoms with van der Waals surface area (Å²) in [5.41, 5.74) is 2.12. The molecule has 0 amide bonds. The van der Waals surface area contributed by atoms with Crippen molar-refractivity contribution in [3.8, 4) is 17.6 Å². The van der Waals surface area contributed by atoms with Crippen LogP contribution in [0.3, 0.4) is 0 Å². The zero-order valence-corrected chi connectivity index (χ0v) is 10.4. The van der Waals surface area contributed by atoms with Crippen molar-refractivity contribution < 1.29 is 9.37 Å². The molecule has 0 N–H and O–H groups in total. The second-order valence-electron chi connectivity index (χ2n) is 3.43. The molecule has 0 saturated heterocycles. The maximum Gasteiger partial charge on any atom is 0.145 e. The lowest BCUT2D eigenvalue weighted by atomic mass is 10.3. The Bertz CT molecular complexity index is 586. The molecular weight excluding hydrogens is 254 g/mol. The maximum absolute atomic E-state index is 5.53. The fourth-order valence-corrected chi connectivity index (χ4v) is 1.30. The van der Waals surface area contributed by atoms with Gasteiger partial charge in [0.05, 0.1) is 12.1 Å². The van der Waals surface area contributed by atoms with Gasteiger partial charge in [0.15, 0.2) is 0 Å². The maximum atomic E-state index is 5.53. The number of rotatable bonds is 3. The van der Waals surface area contributed by atoms with Gasteiger partial charge in [-0.2, -0.15) is 0 Å². The van der Waals surface area contributed by atoms with Crippen LogP contribution in [0, 0.1) is 18.8 Å². The van der Waals surface area contributed by atoms with Crippen molar-refractivity contribution in [3.63, 3.8) is 0 Å². The lowest BCUT2D eigenvalue weighted by Gasteiger charge is -2.03.